The van der Waals surface area contributed by atoms with Gasteiger partial charge in [0.1, 0.15) is 0 Å². The molecule has 0 N–H and O–H groups in total. The van der Waals surface area contributed by atoms with Crippen LogP contribution in [-0.2, 0) is 4.74 Å². The molecule has 4 aliphatic rings. The van der Waals surface area contributed by atoms with Crippen LogP contribution in [0.5, 0.6) is 0 Å². The van der Waals surface area contributed by atoms with Crippen molar-refractivity contribution in [2.24, 2.45) is 11.3 Å². The molecule has 1 aliphatic carbocycles. The lowest BCUT2D eigenvalue weighted by Gasteiger charge is -2.43. The summed E-state index contributed by atoms with van der Waals surface area (Å²) in [7, 11) is 0. The van der Waals surface area contributed by atoms with Gasteiger partial charge in [0.05, 0.1) is 6.61 Å². The number of carbonyl (C=O) groups excluding carboxylic acids is 1. The number of ether oxygens (including phenoxy) is 1. The van der Waals surface area contributed by atoms with Crippen LogP contribution in [0.2, 0.25) is 0 Å². The number of amides is 1. The van der Waals surface area contributed by atoms with Crippen molar-refractivity contribution in [3.05, 3.63) is 0 Å². The van der Waals surface area contributed by atoms with E-state index < -0.39 is 0 Å². The van der Waals surface area contributed by atoms with E-state index in [1.54, 1.807) is 0 Å². The normalized spacial score (nSPS) is 31.5. The van der Waals surface area contributed by atoms with E-state index in [0.717, 1.165) is 31.8 Å². The summed E-state index contributed by atoms with van der Waals surface area (Å²) in [5.74, 6) is 0.966. The first-order valence-corrected chi connectivity index (χ1v) is 12.1. The number of carbonyl (C=O) groups is 1. The van der Waals surface area contributed by atoms with Gasteiger partial charge in [-0.25, -0.2) is 4.79 Å². The summed E-state index contributed by atoms with van der Waals surface area (Å²) in [6.07, 6.45) is 13.6. The Bertz CT molecular complexity index is 514. The van der Waals surface area contributed by atoms with Gasteiger partial charge in [-0.15, -0.1) is 0 Å². The minimum Gasteiger partial charge on any atom is -0.450 e. The van der Waals surface area contributed by atoms with Crippen LogP contribution in [-0.4, -0.2) is 79.3 Å². The van der Waals surface area contributed by atoms with Crippen molar-refractivity contribution in [2.45, 2.75) is 77.2 Å². The molecule has 5 nitrogen and oxygen atoms in total. The van der Waals surface area contributed by atoms with Gasteiger partial charge in [-0.3, -0.25) is 4.90 Å². The van der Waals surface area contributed by atoms with E-state index >= 15 is 0 Å². The second-order valence-corrected chi connectivity index (χ2v) is 9.98. The smallest absolute Gasteiger partial charge is 0.409 e. The van der Waals surface area contributed by atoms with E-state index in [4.69, 9.17) is 4.74 Å². The molecule has 28 heavy (non-hydrogen) atoms. The highest BCUT2D eigenvalue weighted by Crippen LogP contribution is 2.41. The summed E-state index contributed by atoms with van der Waals surface area (Å²) in [4.78, 5) is 19.4. The van der Waals surface area contributed by atoms with Crippen LogP contribution >= 0.6 is 0 Å². The summed E-state index contributed by atoms with van der Waals surface area (Å²) in [6, 6.07) is 0.666. The summed E-state index contributed by atoms with van der Waals surface area (Å²) in [5, 5.41) is 0. The van der Waals surface area contributed by atoms with Crippen molar-refractivity contribution in [3.63, 3.8) is 0 Å². The second kappa shape index (κ2) is 9.34. The Kier molecular flexibility index (Phi) is 6.82. The third-order valence-corrected chi connectivity index (χ3v) is 7.96. The number of likely N-dealkylation sites (tertiary alicyclic amines) is 3. The van der Waals surface area contributed by atoms with Crippen LogP contribution in [0.4, 0.5) is 4.79 Å². The zero-order valence-electron chi connectivity index (χ0n) is 18.0. The van der Waals surface area contributed by atoms with E-state index in [1.807, 2.05) is 11.8 Å². The highest BCUT2D eigenvalue weighted by molar-refractivity contribution is 5.67. The maximum absolute atomic E-state index is 12.0. The van der Waals surface area contributed by atoms with E-state index in [2.05, 4.69) is 9.80 Å². The van der Waals surface area contributed by atoms with Crippen LogP contribution < -0.4 is 0 Å². The fraction of sp³-hybridized carbons (Fsp3) is 0.957. The number of hydrogen-bond donors (Lipinski definition) is 0. The van der Waals surface area contributed by atoms with Crippen LogP contribution in [0.25, 0.3) is 0 Å². The molecular weight excluding hydrogens is 350 g/mol. The molecule has 3 saturated heterocycles. The number of piperidine rings is 2. The van der Waals surface area contributed by atoms with E-state index in [0.29, 0.717) is 18.1 Å². The Morgan fingerprint density at radius 1 is 0.929 bits per heavy atom. The Morgan fingerprint density at radius 3 is 2.46 bits per heavy atom. The monoisotopic (exact) mass is 391 g/mol. The molecule has 5 heteroatoms. The topological polar surface area (TPSA) is 36.0 Å². The van der Waals surface area contributed by atoms with Crippen molar-refractivity contribution in [3.8, 4) is 0 Å². The molecule has 4 fully saturated rings. The van der Waals surface area contributed by atoms with Crippen LogP contribution in [0.1, 0.15) is 71.1 Å². The minimum absolute atomic E-state index is 0.121. The van der Waals surface area contributed by atoms with Gasteiger partial charge < -0.3 is 14.5 Å². The third-order valence-electron chi connectivity index (χ3n) is 7.96. The molecular formula is C23H41N3O2. The Balaban J connectivity index is 1.25. The van der Waals surface area contributed by atoms with Crippen LogP contribution in [0.15, 0.2) is 0 Å². The average Bonchev–Trinajstić information content (AvgIpc) is 3.12. The van der Waals surface area contributed by atoms with Crippen molar-refractivity contribution >= 4 is 6.09 Å². The lowest BCUT2D eigenvalue weighted by atomic mass is 9.78. The second-order valence-electron chi connectivity index (χ2n) is 9.98. The maximum atomic E-state index is 12.0. The lowest BCUT2D eigenvalue weighted by Crippen LogP contribution is -2.49. The fourth-order valence-electron chi connectivity index (χ4n) is 6.44. The van der Waals surface area contributed by atoms with Gasteiger partial charge in [-0.05, 0) is 76.3 Å². The Hall–Kier alpha value is -0.810. The Labute approximate surface area is 171 Å². The zero-order valence-corrected chi connectivity index (χ0v) is 18.0. The molecule has 0 aromatic heterocycles. The van der Waals surface area contributed by atoms with Gasteiger partial charge >= 0.3 is 6.09 Å². The quantitative estimate of drug-likeness (QED) is 0.726. The highest BCUT2D eigenvalue weighted by atomic mass is 16.6. The SMILES string of the molecule is CCOC(=O)N1CCC(N2CC[C@@]3(CCCN(CC4CCCCC4)C3)C2)CC1. The molecule has 3 heterocycles. The summed E-state index contributed by atoms with van der Waals surface area (Å²) in [6.45, 7) is 10.7. The van der Waals surface area contributed by atoms with Crippen molar-refractivity contribution in [2.75, 3.05) is 52.4 Å². The predicted octanol–water partition coefficient (Wildman–Crippen LogP) is 3.98. The molecule has 1 amide bonds. The average molecular weight is 392 g/mol. The molecule has 3 aliphatic heterocycles. The van der Waals surface area contributed by atoms with Crippen molar-refractivity contribution < 1.29 is 9.53 Å². The first-order chi connectivity index (χ1) is 13.7. The van der Waals surface area contributed by atoms with Gasteiger partial charge in [0, 0.05) is 38.8 Å². The molecule has 4 rings (SSSR count). The standard InChI is InChI=1S/C23H41N3O2/c1-2-28-22(27)25-14-9-21(10-15-25)26-16-12-23(19-26)11-6-13-24(18-23)17-20-7-4-3-5-8-20/h20-21H,2-19H2,1H3/t23-/m1/s1. The van der Waals surface area contributed by atoms with E-state index in [9.17, 15) is 4.79 Å². The maximum Gasteiger partial charge on any atom is 0.409 e. The number of nitrogens with zero attached hydrogens (tertiary/aromatic N) is 3. The van der Waals surface area contributed by atoms with Gasteiger partial charge in [0.25, 0.3) is 0 Å². The Morgan fingerprint density at radius 2 is 1.71 bits per heavy atom. The van der Waals surface area contributed by atoms with Gasteiger partial charge in [-0.1, -0.05) is 19.3 Å². The fourth-order valence-corrected chi connectivity index (χ4v) is 6.44. The molecule has 0 aromatic carbocycles. The van der Waals surface area contributed by atoms with Crippen LogP contribution in [0.3, 0.4) is 0 Å². The lowest BCUT2D eigenvalue weighted by molar-refractivity contribution is 0.0568. The molecule has 0 aromatic rings. The van der Waals surface area contributed by atoms with E-state index in [1.165, 1.54) is 84.1 Å². The molecule has 1 spiro atoms. The first kappa shape index (κ1) is 20.5. The predicted molar refractivity (Wildman–Crippen MR) is 112 cm³/mol. The number of rotatable bonds is 4. The zero-order chi connectivity index (χ0) is 19.4. The molecule has 0 radical (unpaired) electrons. The molecule has 1 atom stereocenters. The molecule has 0 unspecified atom stereocenters. The van der Waals surface area contributed by atoms with Crippen molar-refractivity contribution in [1.29, 1.82) is 0 Å². The summed E-state index contributed by atoms with van der Waals surface area (Å²) >= 11 is 0. The first-order valence-electron chi connectivity index (χ1n) is 12.1. The largest absolute Gasteiger partial charge is 0.450 e. The number of hydrogen-bond acceptors (Lipinski definition) is 4. The van der Waals surface area contributed by atoms with Gasteiger partial charge in [0.15, 0.2) is 0 Å². The van der Waals surface area contributed by atoms with Crippen molar-refractivity contribution in [1.82, 2.24) is 14.7 Å². The summed E-state index contributed by atoms with van der Waals surface area (Å²) in [5.41, 5.74) is 0.547. The van der Waals surface area contributed by atoms with Gasteiger partial charge in [-0.2, -0.15) is 0 Å². The third kappa shape index (κ3) is 4.84. The molecule has 0 bridgehead atoms. The van der Waals surface area contributed by atoms with Gasteiger partial charge in [0.2, 0.25) is 0 Å². The summed E-state index contributed by atoms with van der Waals surface area (Å²) < 4.78 is 5.17. The highest BCUT2D eigenvalue weighted by Gasteiger charge is 2.43. The molecule has 160 valence electrons. The molecule has 1 saturated carbocycles. The van der Waals surface area contributed by atoms with Crippen LogP contribution in [0, 0.1) is 11.3 Å². The van der Waals surface area contributed by atoms with E-state index in [-0.39, 0.29) is 6.09 Å². The minimum atomic E-state index is -0.121.